The van der Waals surface area contributed by atoms with Crippen LogP contribution in [0.1, 0.15) is 19.5 Å². The van der Waals surface area contributed by atoms with E-state index >= 15 is 0 Å². The third-order valence-electron chi connectivity index (χ3n) is 1.81. The highest BCUT2D eigenvalue weighted by molar-refractivity contribution is 7.14. The first-order valence-electron chi connectivity index (χ1n) is 4.55. The zero-order chi connectivity index (χ0) is 10.7. The molecule has 0 bridgehead atoms. The van der Waals surface area contributed by atoms with E-state index in [0.29, 0.717) is 6.54 Å². The van der Waals surface area contributed by atoms with E-state index in [1.54, 1.807) is 11.8 Å². The van der Waals surface area contributed by atoms with Crippen LogP contribution in [0.15, 0.2) is 5.38 Å². The Balaban J connectivity index is 0.00000196. The summed E-state index contributed by atoms with van der Waals surface area (Å²) in [7, 11) is 0. The van der Waals surface area contributed by atoms with Gasteiger partial charge in [-0.15, -0.1) is 23.7 Å². The molecule has 0 unspecified atom stereocenters. The van der Waals surface area contributed by atoms with Crippen molar-refractivity contribution in [2.24, 2.45) is 5.73 Å². The minimum Gasteiger partial charge on any atom is -0.320 e. The van der Waals surface area contributed by atoms with Gasteiger partial charge in [-0.25, -0.2) is 4.98 Å². The van der Waals surface area contributed by atoms with E-state index in [1.165, 1.54) is 11.3 Å². The van der Waals surface area contributed by atoms with Crippen LogP contribution < -0.4 is 10.6 Å². The van der Waals surface area contributed by atoms with Crippen molar-refractivity contribution in [2.75, 3.05) is 11.4 Å². The maximum Gasteiger partial charge on any atom is 0.245 e. The average Bonchev–Trinajstić information content (AvgIpc) is 2.53. The molecule has 6 heteroatoms. The summed E-state index contributed by atoms with van der Waals surface area (Å²) in [5.41, 5.74) is 6.47. The smallest absolute Gasteiger partial charge is 0.245 e. The molecule has 0 aliphatic heterocycles. The largest absolute Gasteiger partial charge is 0.320 e. The van der Waals surface area contributed by atoms with Gasteiger partial charge in [0.25, 0.3) is 0 Å². The summed E-state index contributed by atoms with van der Waals surface area (Å²) in [6.07, 6.45) is 0. The van der Waals surface area contributed by atoms with Gasteiger partial charge < -0.3 is 5.73 Å². The standard InChI is InChI=1S/C9H15N3OS.ClH/c1-4-12(8(13)7(3)10)9-11-6(2)5-14-9;/h5,7H,4,10H2,1-3H3;1H/t7-;/m1./s1. The zero-order valence-electron chi connectivity index (χ0n) is 9.06. The van der Waals surface area contributed by atoms with Crippen LogP contribution in [-0.4, -0.2) is 23.5 Å². The number of likely N-dealkylation sites (N-methyl/N-ethyl adjacent to an activating group) is 1. The molecule has 0 saturated carbocycles. The number of hydrogen-bond donors (Lipinski definition) is 1. The van der Waals surface area contributed by atoms with E-state index in [-0.39, 0.29) is 18.3 Å². The van der Waals surface area contributed by atoms with Crippen LogP contribution in [0.2, 0.25) is 0 Å². The Hall–Kier alpha value is -0.650. The van der Waals surface area contributed by atoms with Crippen molar-refractivity contribution in [2.45, 2.75) is 26.8 Å². The van der Waals surface area contributed by atoms with Gasteiger partial charge in [-0.2, -0.15) is 0 Å². The van der Waals surface area contributed by atoms with Crippen LogP contribution in [0.3, 0.4) is 0 Å². The fourth-order valence-electron chi connectivity index (χ4n) is 1.10. The minimum absolute atomic E-state index is 0. The molecule has 0 spiro atoms. The van der Waals surface area contributed by atoms with E-state index in [9.17, 15) is 4.79 Å². The van der Waals surface area contributed by atoms with Crippen LogP contribution in [0.5, 0.6) is 0 Å². The number of hydrogen-bond acceptors (Lipinski definition) is 4. The van der Waals surface area contributed by atoms with Crippen molar-refractivity contribution >= 4 is 34.8 Å². The van der Waals surface area contributed by atoms with Gasteiger partial charge >= 0.3 is 0 Å². The molecular weight excluding hydrogens is 234 g/mol. The molecule has 4 nitrogen and oxygen atoms in total. The molecule has 1 aromatic rings. The number of aromatic nitrogens is 1. The third-order valence-corrected chi connectivity index (χ3v) is 2.79. The molecule has 1 rings (SSSR count). The monoisotopic (exact) mass is 249 g/mol. The molecule has 1 amide bonds. The molecule has 86 valence electrons. The summed E-state index contributed by atoms with van der Waals surface area (Å²) in [5.74, 6) is -0.0816. The molecule has 15 heavy (non-hydrogen) atoms. The van der Waals surface area contributed by atoms with Crippen molar-refractivity contribution in [3.63, 3.8) is 0 Å². The van der Waals surface area contributed by atoms with E-state index < -0.39 is 6.04 Å². The Kier molecular flexibility index (Phi) is 5.79. The van der Waals surface area contributed by atoms with Crippen molar-refractivity contribution in [1.82, 2.24) is 4.98 Å². The van der Waals surface area contributed by atoms with Crippen LogP contribution in [0.4, 0.5) is 5.13 Å². The molecule has 0 aromatic carbocycles. The Bertz CT molecular complexity index is 327. The van der Waals surface area contributed by atoms with Gasteiger partial charge in [-0.1, -0.05) is 0 Å². The zero-order valence-corrected chi connectivity index (χ0v) is 10.7. The molecule has 1 aromatic heterocycles. The Morgan fingerprint density at radius 1 is 1.73 bits per heavy atom. The molecule has 0 aliphatic carbocycles. The van der Waals surface area contributed by atoms with E-state index in [1.807, 2.05) is 19.2 Å². The van der Waals surface area contributed by atoms with Gasteiger partial charge in [0.2, 0.25) is 5.91 Å². The van der Waals surface area contributed by atoms with Crippen molar-refractivity contribution < 1.29 is 4.79 Å². The molecular formula is C9H16ClN3OS. The molecule has 0 radical (unpaired) electrons. The lowest BCUT2D eigenvalue weighted by Gasteiger charge is -2.19. The highest BCUT2D eigenvalue weighted by Crippen LogP contribution is 2.20. The molecule has 0 saturated heterocycles. The summed E-state index contributed by atoms with van der Waals surface area (Å²) in [6, 6.07) is -0.473. The first-order chi connectivity index (χ1) is 6.56. The minimum atomic E-state index is -0.473. The van der Waals surface area contributed by atoms with Crippen LogP contribution in [0, 0.1) is 6.92 Å². The predicted octanol–water partition coefficient (Wildman–Crippen LogP) is 1.57. The van der Waals surface area contributed by atoms with Crippen molar-refractivity contribution in [3.8, 4) is 0 Å². The van der Waals surface area contributed by atoms with E-state index in [2.05, 4.69) is 4.98 Å². The van der Waals surface area contributed by atoms with Crippen LogP contribution in [-0.2, 0) is 4.79 Å². The fourth-order valence-corrected chi connectivity index (χ4v) is 1.97. The van der Waals surface area contributed by atoms with E-state index in [4.69, 9.17) is 5.73 Å². The maximum absolute atomic E-state index is 11.7. The van der Waals surface area contributed by atoms with Crippen molar-refractivity contribution in [3.05, 3.63) is 11.1 Å². The molecule has 2 N–H and O–H groups in total. The Morgan fingerprint density at radius 2 is 2.33 bits per heavy atom. The van der Waals surface area contributed by atoms with Crippen LogP contribution in [0.25, 0.3) is 0 Å². The number of thiazole rings is 1. The lowest BCUT2D eigenvalue weighted by atomic mass is 10.3. The van der Waals surface area contributed by atoms with Crippen LogP contribution >= 0.6 is 23.7 Å². The highest BCUT2D eigenvalue weighted by Gasteiger charge is 2.19. The van der Waals surface area contributed by atoms with Gasteiger partial charge in [-0.05, 0) is 20.8 Å². The number of anilines is 1. The van der Waals surface area contributed by atoms with Gasteiger partial charge in [0, 0.05) is 11.9 Å². The van der Waals surface area contributed by atoms with Gasteiger partial charge in [0.1, 0.15) is 0 Å². The number of aryl methyl sites for hydroxylation is 1. The van der Waals surface area contributed by atoms with E-state index in [0.717, 1.165) is 10.8 Å². The molecule has 1 heterocycles. The SMILES string of the molecule is CCN(C(=O)[C@@H](C)N)c1nc(C)cs1.Cl. The summed E-state index contributed by atoms with van der Waals surface area (Å²) < 4.78 is 0. The number of nitrogens with zero attached hydrogens (tertiary/aromatic N) is 2. The van der Waals surface area contributed by atoms with Gasteiger partial charge in [0.05, 0.1) is 11.7 Å². The summed E-state index contributed by atoms with van der Waals surface area (Å²) in [6.45, 7) is 6.11. The topological polar surface area (TPSA) is 59.2 Å². The Morgan fingerprint density at radius 3 is 2.67 bits per heavy atom. The normalized spacial score (nSPS) is 11.7. The molecule has 0 aliphatic rings. The predicted molar refractivity (Wildman–Crippen MR) is 65.8 cm³/mol. The first-order valence-corrected chi connectivity index (χ1v) is 5.43. The second-order valence-corrected chi connectivity index (χ2v) is 3.98. The number of amides is 1. The second kappa shape index (κ2) is 6.05. The Labute approximate surface area is 99.9 Å². The number of halogens is 1. The average molecular weight is 250 g/mol. The lowest BCUT2D eigenvalue weighted by molar-refractivity contribution is -0.119. The summed E-state index contributed by atoms with van der Waals surface area (Å²) in [5, 5.41) is 2.65. The highest BCUT2D eigenvalue weighted by atomic mass is 35.5. The second-order valence-electron chi connectivity index (χ2n) is 3.14. The first kappa shape index (κ1) is 14.3. The number of carbonyl (C=O) groups excluding carboxylic acids is 1. The number of nitrogens with two attached hydrogens (primary N) is 1. The molecule has 0 fully saturated rings. The third kappa shape index (κ3) is 3.44. The van der Waals surface area contributed by atoms with Gasteiger partial charge in [-0.3, -0.25) is 9.69 Å². The quantitative estimate of drug-likeness (QED) is 0.885. The number of rotatable bonds is 3. The summed E-state index contributed by atoms with van der Waals surface area (Å²) >= 11 is 1.47. The maximum atomic E-state index is 11.7. The lowest BCUT2D eigenvalue weighted by Crippen LogP contribution is -2.42. The van der Waals surface area contributed by atoms with Crippen molar-refractivity contribution in [1.29, 1.82) is 0 Å². The summed E-state index contributed by atoms with van der Waals surface area (Å²) in [4.78, 5) is 17.5. The van der Waals surface area contributed by atoms with Gasteiger partial charge in [0.15, 0.2) is 5.13 Å². The molecule has 1 atom stereocenters. The fraction of sp³-hybridized carbons (Fsp3) is 0.556. The number of carbonyl (C=O) groups is 1.